The van der Waals surface area contributed by atoms with Gasteiger partial charge < -0.3 is 20.0 Å². The van der Waals surface area contributed by atoms with Crippen LogP contribution >= 0.6 is 0 Å². The Morgan fingerprint density at radius 1 is 0.461 bits per heavy atom. The predicted molar refractivity (Wildman–Crippen MR) is 316 cm³/mol. The molecule has 2 N–H and O–H groups in total. The number of anilines is 6. The van der Waals surface area contributed by atoms with Gasteiger partial charge in [-0.2, -0.15) is 5.26 Å². The predicted octanol–water partition coefficient (Wildman–Crippen LogP) is 19.6. The number of carbonyl (C=O) groups is 2. The molecule has 0 fully saturated rings. The summed E-state index contributed by atoms with van der Waals surface area (Å²) in [4.78, 5) is 31.6. The van der Waals surface area contributed by atoms with Crippen LogP contribution in [-0.4, -0.2) is 22.2 Å². The fourth-order valence-corrected chi connectivity index (χ4v) is 9.93. The zero-order valence-corrected chi connectivity index (χ0v) is 45.1. The quantitative estimate of drug-likeness (QED) is 0.0183. The number of aryl methyl sites for hydroxylation is 2. The molecule has 0 amide bonds. The molecule has 0 saturated carbocycles. The van der Waals surface area contributed by atoms with Gasteiger partial charge in [-0.1, -0.05) is 214 Å². The fraction of sp³-hybridized carbons (Fsp3) is 0.353. The summed E-state index contributed by atoms with van der Waals surface area (Å²) in [6, 6.07) is 50.8. The summed E-state index contributed by atoms with van der Waals surface area (Å²) in [5.41, 5.74) is 10.1. The van der Waals surface area contributed by atoms with Gasteiger partial charge in [0, 0.05) is 28.3 Å². The molecule has 6 aromatic rings. The maximum atomic E-state index is 12.0. The van der Waals surface area contributed by atoms with E-state index in [1.165, 1.54) is 139 Å². The Hall–Kier alpha value is -7.68. The number of carboxylic acids is 2. The number of unbranched alkanes of at least 4 members (excludes halogenated alkanes) is 18. The number of nitriles is 1. The number of nitrogens with zero attached hydrogens (tertiary/aromatic N) is 4. The lowest BCUT2D eigenvalue weighted by molar-refractivity contribution is -0.133. The first kappa shape index (κ1) is 57.6. The average Bonchev–Trinajstić information content (AvgIpc) is 3.44. The number of rotatable bonds is 33. The zero-order chi connectivity index (χ0) is 53.7. The minimum Gasteiger partial charge on any atom is -0.486 e. The summed E-state index contributed by atoms with van der Waals surface area (Å²) in [5.74, 6) is -2.55. The molecular formula is C68H78N4O4. The van der Waals surface area contributed by atoms with E-state index >= 15 is 0 Å². The Bertz CT molecular complexity index is 2670. The lowest BCUT2D eigenvalue weighted by Gasteiger charge is -2.28. The van der Waals surface area contributed by atoms with Gasteiger partial charge in [-0.05, 0) is 126 Å². The molecular weight excluding hydrogens is 937 g/mol. The van der Waals surface area contributed by atoms with Crippen LogP contribution in [0.3, 0.4) is 0 Å². The van der Waals surface area contributed by atoms with Crippen molar-refractivity contribution >= 4 is 58.2 Å². The van der Waals surface area contributed by atoms with Crippen molar-refractivity contribution in [3.8, 4) is 17.2 Å². The van der Waals surface area contributed by atoms with Crippen LogP contribution in [0.15, 0.2) is 157 Å². The van der Waals surface area contributed by atoms with E-state index in [2.05, 4.69) is 126 Å². The van der Waals surface area contributed by atoms with Crippen molar-refractivity contribution < 1.29 is 19.8 Å². The number of carboxylic acid groups (broad SMARTS) is 2. The molecule has 0 aromatic heterocycles. The lowest BCUT2D eigenvalue weighted by Crippen LogP contribution is -2.12. The van der Waals surface area contributed by atoms with Gasteiger partial charge in [0.15, 0.2) is 0 Å². The van der Waals surface area contributed by atoms with E-state index in [0.29, 0.717) is 11.1 Å². The Kier molecular flexibility index (Phi) is 24.2. The second kappa shape index (κ2) is 31.9. The van der Waals surface area contributed by atoms with Crippen LogP contribution in [0.1, 0.15) is 165 Å². The second-order valence-corrected chi connectivity index (χ2v) is 20.0. The van der Waals surface area contributed by atoms with Gasteiger partial charge >= 0.3 is 11.9 Å². The molecule has 0 unspecified atom stereocenters. The Morgan fingerprint density at radius 2 is 0.789 bits per heavy atom. The highest BCUT2D eigenvalue weighted by molar-refractivity contribution is 5.98. The third-order valence-corrected chi connectivity index (χ3v) is 14.2. The topological polar surface area (TPSA) is 109 Å². The first-order valence-electron chi connectivity index (χ1n) is 28.1. The molecule has 8 heteroatoms. The van der Waals surface area contributed by atoms with E-state index in [1.54, 1.807) is 0 Å². The number of para-hydroxylation sites is 2. The lowest BCUT2D eigenvalue weighted by atomic mass is 10.0. The van der Waals surface area contributed by atoms with E-state index in [-0.39, 0.29) is 11.3 Å². The molecule has 0 radical (unpaired) electrons. The number of benzene rings is 6. The smallest absolute Gasteiger partial charge is 0.346 e. The highest BCUT2D eigenvalue weighted by Crippen LogP contribution is 2.41. The normalized spacial score (nSPS) is 11.5. The monoisotopic (exact) mass is 1010 g/mol. The molecule has 8 nitrogen and oxygen atoms in total. The second-order valence-electron chi connectivity index (χ2n) is 20.0. The number of hydrogen-bond acceptors (Lipinski definition) is 5. The van der Waals surface area contributed by atoms with Crippen molar-refractivity contribution in [2.45, 2.75) is 155 Å². The van der Waals surface area contributed by atoms with E-state index in [9.17, 15) is 25.1 Å². The zero-order valence-electron chi connectivity index (χ0n) is 45.1. The van der Waals surface area contributed by atoms with E-state index in [4.69, 9.17) is 6.57 Å². The standard InChI is InChI=1S/C68H78N4O4/c1-4-6-8-10-12-14-16-18-20-22-28-53-34-42-60(43-35-53)71(65-32-26-24-30-57(65)50-59(52-69)67(73)74)62-46-38-55(39-47-62)56-40-48-63(49-41-56)72(66-33-27-25-31-58(66)51-64(70-3)68(75)76)61-44-36-54(37-45-61)29-23-21-19-17-15-13-11-9-7-5-2/h24-27,30-51H,4-23,28-29H2,1-2H3,(H,73,74)(H,75,76)/b59-50-,64-51+. The van der Waals surface area contributed by atoms with E-state index in [0.717, 1.165) is 70.9 Å². The molecule has 0 spiro atoms. The minimum atomic E-state index is -1.28. The van der Waals surface area contributed by atoms with Gasteiger partial charge in [-0.25, -0.2) is 9.64 Å². The van der Waals surface area contributed by atoms with Crippen LogP contribution < -0.4 is 9.80 Å². The van der Waals surface area contributed by atoms with Crippen molar-refractivity contribution in [3.05, 3.63) is 191 Å². The molecule has 0 heterocycles. The van der Waals surface area contributed by atoms with Gasteiger partial charge in [-0.3, -0.25) is 4.79 Å². The van der Waals surface area contributed by atoms with Crippen LogP contribution in [0.2, 0.25) is 0 Å². The van der Waals surface area contributed by atoms with Crippen LogP contribution in [-0.2, 0) is 22.4 Å². The summed E-state index contributed by atoms with van der Waals surface area (Å²) < 4.78 is 0. The number of aliphatic carboxylic acids is 2. The largest absolute Gasteiger partial charge is 0.486 e. The summed E-state index contributed by atoms with van der Waals surface area (Å²) in [6.45, 7) is 12.1. The van der Waals surface area contributed by atoms with Gasteiger partial charge in [-0.15, -0.1) is 0 Å². The third-order valence-electron chi connectivity index (χ3n) is 14.2. The van der Waals surface area contributed by atoms with Gasteiger partial charge in [0.05, 0.1) is 17.9 Å². The molecule has 0 aliphatic carbocycles. The molecule has 0 saturated heterocycles. The molecule has 76 heavy (non-hydrogen) atoms. The molecule has 0 aliphatic heterocycles. The van der Waals surface area contributed by atoms with Crippen molar-refractivity contribution in [1.29, 1.82) is 5.26 Å². The Morgan fingerprint density at radius 3 is 1.12 bits per heavy atom. The van der Waals surface area contributed by atoms with Crippen molar-refractivity contribution in [3.63, 3.8) is 0 Å². The first-order valence-corrected chi connectivity index (χ1v) is 28.1. The molecule has 0 bridgehead atoms. The van der Waals surface area contributed by atoms with E-state index in [1.807, 2.05) is 54.6 Å². The van der Waals surface area contributed by atoms with Crippen molar-refractivity contribution in [2.75, 3.05) is 9.80 Å². The highest BCUT2D eigenvalue weighted by atomic mass is 16.4. The number of hydrogen-bond donors (Lipinski definition) is 2. The molecule has 6 aromatic carbocycles. The third kappa shape index (κ3) is 17.7. The molecule has 0 aliphatic rings. The van der Waals surface area contributed by atoms with Crippen LogP contribution in [0, 0.1) is 17.9 Å². The van der Waals surface area contributed by atoms with Gasteiger partial charge in [0.25, 0.3) is 5.70 Å². The van der Waals surface area contributed by atoms with Crippen LogP contribution in [0.5, 0.6) is 0 Å². The Labute approximate surface area is 453 Å². The molecule has 394 valence electrons. The average molecular weight is 1020 g/mol. The summed E-state index contributed by atoms with van der Waals surface area (Å²) >= 11 is 0. The van der Waals surface area contributed by atoms with Gasteiger partial charge in [0.1, 0.15) is 11.6 Å². The summed E-state index contributed by atoms with van der Waals surface area (Å²) in [7, 11) is 0. The maximum Gasteiger partial charge on any atom is 0.346 e. The fourth-order valence-electron chi connectivity index (χ4n) is 9.93. The highest BCUT2D eigenvalue weighted by Gasteiger charge is 2.20. The molecule has 0 atom stereocenters. The SMILES string of the molecule is [C-]#[N+]/C(=C/c1ccccc1N(c1ccc(CCCCCCCCCCCC)cc1)c1ccc(-c2ccc(N(c3ccc(CCCCCCCCCCCC)cc3)c3ccccc3/C=C(/C#N)C(=O)O)cc2)cc1)C(=O)O. The minimum absolute atomic E-state index is 0.346. The Balaban J connectivity index is 1.24. The molecule has 6 rings (SSSR count). The van der Waals surface area contributed by atoms with Crippen LogP contribution in [0.25, 0.3) is 28.1 Å². The van der Waals surface area contributed by atoms with E-state index < -0.39 is 11.9 Å². The summed E-state index contributed by atoms with van der Waals surface area (Å²) in [5, 5.41) is 29.4. The van der Waals surface area contributed by atoms with Crippen molar-refractivity contribution in [2.24, 2.45) is 0 Å². The summed E-state index contributed by atoms with van der Waals surface area (Å²) in [6.07, 6.45) is 30.8. The van der Waals surface area contributed by atoms with Crippen molar-refractivity contribution in [1.82, 2.24) is 0 Å². The van der Waals surface area contributed by atoms with Gasteiger partial charge in [0.2, 0.25) is 0 Å². The van der Waals surface area contributed by atoms with Crippen LogP contribution in [0.4, 0.5) is 34.1 Å². The first-order chi connectivity index (χ1) is 37.2. The maximum absolute atomic E-state index is 12.0.